The summed E-state index contributed by atoms with van der Waals surface area (Å²) in [6.07, 6.45) is -5.08. The Kier molecular flexibility index (Phi) is 3.47. The molecule has 0 aliphatic carbocycles. The average molecular weight is 328 g/mol. The summed E-state index contributed by atoms with van der Waals surface area (Å²) < 4.78 is 39.0. The quantitative estimate of drug-likeness (QED) is 0.836. The van der Waals surface area contributed by atoms with E-state index in [1.54, 1.807) is 0 Å². The second-order valence-electron chi connectivity index (χ2n) is 5.56. The minimum Gasteiger partial charge on any atom is -0.368 e. The van der Waals surface area contributed by atoms with Crippen molar-refractivity contribution in [1.82, 2.24) is 5.32 Å². The lowest BCUT2D eigenvalue weighted by Gasteiger charge is -2.37. The maximum absolute atomic E-state index is 13.0. The topological polar surface area (TPSA) is 78.7 Å². The van der Waals surface area contributed by atoms with Crippen molar-refractivity contribution in [2.75, 3.05) is 22.9 Å². The Bertz CT molecular complexity index is 676. The molecule has 0 bridgehead atoms. The predicted octanol–water partition coefficient (Wildman–Crippen LogP) is 0.661. The molecular formula is C14H15F3N4O2. The van der Waals surface area contributed by atoms with E-state index in [-0.39, 0.29) is 18.1 Å². The van der Waals surface area contributed by atoms with Gasteiger partial charge in [-0.2, -0.15) is 13.2 Å². The number of anilines is 2. The lowest BCUT2D eigenvalue weighted by atomic mass is 10.1. The Morgan fingerprint density at radius 1 is 1.39 bits per heavy atom. The van der Waals surface area contributed by atoms with Crippen molar-refractivity contribution in [2.45, 2.75) is 25.3 Å². The number of benzene rings is 1. The number of amides is 2. The summed E-state index contributed by atoms with van der Waals surface area (Å²) in [7, 11) is 0. The molecule has 0 unspecified atom stereocenters. The van der Waals surface area contributed by atoms with E-state index in [2.05, 4.69) is 5.32 Å². The van der Waals surface area contributed by atoms with E-state index in [1.807, 2.05) is 0 Å². The first kappa shape index (κ1) is 15.6. The predicted molar refractivity (Wildman–Crippen MR) is 76.7 cm³/mol. The van der Waals surface area contributed by atoms with Crippen molar-refractivity contribution in [3.05, 3.63) is 23.8 Å². The minimum absolute atomic E-state index is 0.0930. The molecule has 3 rings (SSSR count). The van der Waals surface area contributed by atoms with Crippen molar-refractivity contribution in [3.63, 3.8) is 0 Å². The van der Waals surface area contributed by atoms with Crippen LogP contribution in [0.1, 0.15) is 12.5 Å². The first-order valence-electron chi connectivity index (χ1n) is 7.03. The number of halogens is 3. The number of piperazine rings is 1. The van der Waals surface area contributed by atoms with Crippen LogP contribution in [0.15, 0.2) is 18.2 Å². The highest BCUT2D eigenvalue weighted by molar-refractivity contribution is 6.03. The van der Waals surface area contributed by atoms with Gasteiger partial charge in [0.1, 0.15) is 12.2 Å². The summed E-state index contributed by atoms with van der Waals surface area (Å²) in [5.41, 5.74) is 5.04. The van der Waals surface area contributed by atoms with Crippen molar-refractivity contribution in [2.24, 2.45) is 5.73 Å². The maximum Gasteiger partial charge on any atom is 0.416 e. The van der Waals surface area contributed by atoms with Crippen LogP contribution in [0.3, 0.4) is 0 Å². The molecule has 0 radical (unpaired) electrons. The van der Waals surface area contributed by atoms with Crippen molar-refractivity contribution < 1.29 is 22.8 Å². The van der Waals surface area contributed by atoms with Gasteiger partial charge in [-0.05, 0) is 25.1 Å². The van der Waals surface area contributed by atoms with Gasteiger partial charge in [-0.1, -0.05) is 0 Å². The summed E-state index contributed by atoms with van der Waals surface area (Å²) in [6.45, 7) is 1.93. The molecule has 1 saturated heterocycles. The lowest BCUT2D eigenvalue weighted by Crippen LogP contribution is -2.61. The fraction of sp³-hybridized carbons (Fsp3) is 0.429. The van der Waals surface area contributed by atoms with E-state index in [9.17, 15) is 22.8 Å². The summed E-state index contributed by atoms with van der Waals surface area (Å²) in [4.78, 5) is 26.6. The number of nitrogens with one attached hydrogen (secondary N) is 1. The molecule has 2 amide bonds. The largest absolute Gasteiger partial charge is 0.416 e. The van der Waals surface area contributed by atoms with Gasteiger partial charge in [0, 0.05) is 6.54 Å². The van der Waals surface area contributed by atoms with Gasteiger partial charge in [-0.25, -0.2) is 0 Å². The number of nitrogens with zero attached hydrogens (tertiary/aromatic N) is 2. The third kappa shape index (κ3) is 2.40. The minimum atomic E-state index is -4.51. The van der Waals surface area contributed by atoms with Crippen LogP contribution >= 0.6 is 0 Å². The highest BCUT2D eigenvalue weighted by atomic mass is 19.4. The van der Waals surface area contributed by atoms with E-state index in [0.29, 0.717) is 12.2 Å². The van der Waals surface area contributed by atoms with Gasteiger partial charge in [-0.15, -0.1) is 0 Å². The van der Waals surface area contributed by atoms with Gasteiger partial charge in [-0.3, -0.25) is 14.5 Å². The number of carbonyl (C=O) groups is 2. The molecular weight excluding hydrogens is 313 g/mol. The van der Waals surface area contributed by atoms with Crippen LogP contribution < -0.4 is 20.9 Å². The Balaban J connectivity index is 2.14. The van der Waals surface area contributed by atoms with Crippen molar-refractivity contribution in [3.8, 4) is 0 Å². The smallest absolute Gasteiger partial charge is 0.368 e. The summed E-state index contributed by atoms with van der Waals surface area (Å²) in [5, 5.41) is 2.90. The van der Waals surface area contributed by atoms with E-state index < -0.39 is 29.9 Å². The Morgan fingerprint density at radius 2 is 2.09 bits per heavy atom. The molecule has 6 nitrogen and oxygen atoms in total. The molecule has 2 atom stereocenters. The van der Waals surface area contributed by atoms with Crippen molar-refractivity contribution in [1.29, 1.82) is 0 Å². The summed E-state index contributed by atoms with van der Waals surface area (Å²) in [6, 6.07) is 2.31. The Labute approximate surface area is 130 Å². The molecule has 0 aromatic heterocycles. The van der Waals surface area contributed by atoms with Crippen molar-refractivity contribution >= 4 is 23.2 Å². The Hall–Kier alpha value is -2.29. The number of carbonyl (C=O) groups excluding carboxylic acids is 2. The number of rotatable bonds is 2. The number of alkyl halides is 3. The lowest BCUT2D eigenvalue weighted by molar-refractivity contribution is -0.137. The van der Waals surface area contributed by atoms with Crippen LogP contribution in [0, 0.1) is 0 Å². The standard InChI is InChI=1S/C14H15F3N4O2/c1-7(13(18)23)20-10-4-8(14(15,16)17)2-3-9(10)21-11(20)5-19-6-12(21)22/h2-4,7,11,19H,5-6H2,1H3,(H2,18,23)/t7-,11-/m0/s1. The molecule has 3 N–H and O–H groups in total. The molecule has 1 aromatic carbocycles. The number of hydrogen-bond donors (Lipinski definition) is 2. The molecule has 9 heteroatoms. The zero-order valence-electron chi connectivity index (χ0n) is 12.2. The number of fused-ring (bicyclic) bond motifs is 3. The van der Waals surface area contributed by atoms with Crippen LogP contribution in [0.4, 0.5) is 24.5 Å². The maximum atomic E-state index is 13.0. The fourth-order valence-electron chi connectivity index (χ4n) is 3.04. The molecule has 2 aliphatic rings. The van der Waals surface area contributed by atoms with Crippen LogP contribution in [0.2, 0.25) is 0 Å². The highest BCUT2D eigenvalue weighted by Gasteiger charge is 2.45. The Morgan fingerprint density at radius 3 is 2.70 bits per heavy atom. The molecule has 2 heterocycles. The zero-order valence-corrected chi connectivity index (χ0v) is 12.2. The van der Waals surface area contributed by atoms with Crippen LogP contribution in [0.25, 0.3) is 0 Å². The molecule has 1 aromatic rings. The van der Waals surface area contributed by atoms with Gasteiger partial charge in [0.15, 0.2) is 0 Å². The van der Waals surface area contributed by atoms with E-state index in [4.69, 9.17) is 5.73 Å². The van der Waals surface area contributed by atoms with Crippen LogP contribution in [-0.2, 0) is 15.8 Å². The average Bonchev–Trinajstić information content (AvgIpc) is 2.80. The van der Waals surface area contributed by atoms with E-state index >= 15 is 0 Å². The normalized spacial score (nSPS) is 21.9. The van der Waals surface area contributed by atoms with Crippen LogP contribution in [0.5, 0.6) is 0 Å². The summed E-state index contributed by atoms with van der Waals surface area (Å²) >= 11 is 0. The zero-order chi connectivity index (χ0) is 16.9. The van der Waals surface area contributed by atoms with Gasteiger partial charge in [0.25, 0.3) is 0 Å². The number of primary amides is 1. The summed E-state index contributed by atoms with van der Waals surface area (Å²) in [5.74, 6) is -0.935. The van der Waals surface area contributed by atoms with Gasteiger partial charge < -0.3 is 16.0 Å². The second-order valence-corrected chi connectivity index (χ2v) is 5.56. The first-order valence-corrected chi connectivity index (χ1v) is 7.03. The van der Waals surface area contributed by atoms with Gasteiger partial charge in [0.05, 0.1) is 23.5 Å². The number of nitrogens with two attached hydrogens (primary N) is 1. The van der Waals surface area contributed by atoms with E-state index in [1.165, 1.54) is 22.8 Å². The first-order chi connectivity index (χ1) is 10.7. The van der Waals surface area contributed by atoms with Gasteiger partial charge in [0.2, 0.25) is 11.8 Å². The monoisotopic (exact) mass is 328 g/mol. The van der Waals surface area contributed by atoms with Gasteiger partial charge >= 0.3 is 6.18 Å². The molecule has 0 saturated carbocycles. The fourth-order valence-corrected chi connectivity index (χ4v) is 3.04. The van der Waals surface area contributed by atoms with E-state index in [0.717, 1.165) is 12.1 Å². The third-order valence-corrected chi connectivity index (χ3v) is 4.16. The molecule has 124 valence electrons. The molecule has 23 heavy (non-hydrogen) atoms. The molecule has 1 fully saturated rings. The molecule has 2 aliphatic heterocycles. The highest BCUT2D eigenvalue weighted by Crippen LogP contribution is 2.44. The third-order valence-electron chi connectivity index (χ3n) is 4.16. The van der Waals surface area contributed by atoms with Crippen LogP contribution in [-0.4, -0.2) is 37.1 Å². The molecule has 0 spiro atoms. The SMILES string of the molecule is C[C@@H](C(N)=O)N1c2cc(C(F)(F)F)ccc2N2C(=O)CNC[C@H]21. The number of hydrogen-bond acceptors (Lipinski definition) is 4. The second kappa shape index (κ2) is 5.12.